The maximum atomic E-state index is 13.1. The lowest BCUT2D eigenvalue weighted by Crippen LogP contribution is -2.56. The molecule has 0 bridgehead atoms. The van der Waals surface area contributed by atoms with Gasteiger partial charge in [-0.3, -0.25) is 19.4 Å². The van der Waals surface area contributed by atoms with Crippen molar-refractivity contribution >= 4 is 11.8 Å². The number of carbonyl (C=O) groups excluding carboxylic acids is 2. The summed E-state index contributed by atoms with van der Waals surface area (Å²) in [5.74, 6) is 1.10. The molecule has 2 aliphatic heterocycles. The molecule has 1 aliphatic carbocycles. The second-order valence-electron chi connectivity index (χ2n) is 10.2. The minimum absolute atomic E-state index is 0.115. The van der Waals surface area contributed by atoms with Crippen LogP contribution in [0.3, 0.4) is 0 Å². The average molecular weight is 491 g/mol. The maximum Gasteiger partial charge on any atom is 0.236 e. The Kier molecular flexibility index (Phi) is 8.18. The van der Waals surface area contributed by atoms with Crippen LogP contribution >= 0.6 is 0 Å². The van der Waals surface area contributed by atoms with Crippen molar-refractivity contribution < 1.29 is 14.3 Å². The third-order valence-corrected chi connectivity index (χ3v) is 7.89. The number of hydrogen-bond donors (Lipinski definition) is 0. The highest BCUT2D eigenvalue weighted by Crippen LogP contribution is 2.25. The van der Waals surface area contributed by atoms with Gasteiger partial charge in [0.1, 0.15) is 12.4 Å². The van der Waals surface area contributed by atoms with E-state index in [1.54, 1.807) is 0 Å². The van der Waals surface area contributed by atoms with Gasteiger partial charge in [-0.2, -0.15) is 0 Å². The van der Waals surface area contributed by atoms with Crippen molar-refractivity contribution in [3.05, 3.63) is 65.7 Å². The van der Waals surface area contributed by atoms with E-state index in [1.165, 1.54) is 19.3 Å². The number of carbonyl (C=O) groups is 2. The number of benzene rings is 2. The molecule has 0 N–H and O–H groups in total. The van der Waals surface area contributed by atoms with Crippen molar-refractivity contribution in [2.45, 2.75) is 38.3 Å². The molecule has 2 aromatic rings. The minimum atomic E-state index is 0.115. The molecule has 7 heteroatoms. The Labute approximate surface area is 214 Å². The monoisotopic (exact) mass is 490 g/mol. The van der Waals surface area contributed by atoms with Crippen LogP contribution in [0.1, 0.15) is 30.4 Å². The first-order chi connectivity index (χ1) is 17.7. The zero-order chi connectivity index (χ0) is 24.7. The summed E-state index contributed by atoms with van der Waals surface area (Å²) < 4.78 is 6.03. The molecule has 0 unspecified atom stereocenters. The predicted molar refractivity (Wildman–Crippen MR) is 140 cm³/mol. The van der Waals surface area contributed by atoms with E-state index in [-0.39, 0.29) is 11.8 Å². The lowest BCUT2D eigenvalue weighted by Gasteiger charge is -2.43. The van der Waals surface area contributed by atoms with Gasteiger partial charge in [-0.25, -0.2) is 0 Å². The SMILES string of the molecule is O=C(Cc1ccccc1OCc1ccccc1)N1CCN(CC(=O)N2CCN(C3CCC3)CC2)CC1. The smallest absolute Gasteiger partial charge is 0.236 e. The van der Waals surface area contributed by atoms with Gasteiger partial charge < -0.3 is 14.5 Å². The van der Waals surface area contributed by atoms with Gasteiger partial charge in [-0.05, 0) is 24.5 Å². The van der Waals surface area contributed by atoms with Gasteiger partial charge in [-0.15, -0.1) is 0 Å². The van der Waals surface area contributed by atoms with Gasteiger partial charge in [0.05, 0.1) is 13.0 Å². The summed E-state index contributed by atoms with van der Waals surface area (Å²) in [6.07, 6.45) is 4.33. The summed E-state index contributed by atoms with van der Waals surface area (Å²) in [7, 11) is 0. The number of ether oxygens (including phenoxy) is 1. The van der Waals surface area contributed by atoms with E-state index in [4.69, 9.17) is 4.74 Å². The lowest BCUT2D eigenvalue weighted by molar-refractivity contribution is -0.136. The summed E-state index contributed by atoms with van der Waals surface area (Å²) >= 11 is 0. The third-order valence-electron chi connectivity index (χ3n) is 7.89. The van der Waals surface area contributed by atoms with E-state index in [9.17, 15) is 9.59 Å². The van der Waals surface area contributed by atoms with Gasteiger partial charge >= 0.3 is 0 Å². The fourth-order valence-corrected chi connectivity index (χ4v) is 5.34. The number of nitrogens with zero attached hydrogens (tertiary/aromatic N) is 4. The third kappa shape index (κ3) is 6.26. The molecule has 2 aromatic carbocycles. The fraction of sp³-hybridized carbons (Fsp3) is 0.517. The van der Waals surface area contributed by atoms with Crippen LogP contribution < -0.4 is 4.74 Å². The van der Waals surface area contributed by atoms with Gasteiger partial charge in [0.15, 0.2) is 0 Å². The van der Waals surface area contributed by atoms with Crippen LogP contribution in [0.5, 0.6) is 5.75 Å². The van der Waals surface area contributed by atoms with Crippen molar-refractivity contribution in [2.75, 3.05) is 58.9 Å². The largest absolute Gasteiger partial charge is 0.489 e. The van der Waals surface area contributed by atoms with Crippen LogP contribution in [0.15, 0.2) is 54.6 Å². The number of rotatable bonds is 8. The molecule has 2 amide bonds. The van der Waals surface area contributed by atoms with E-state index in [0.29, 0.717) is 32.7 Å². The van der Waals surface area contributed by atoms with E-state index in [2.05, 4.69) is 9.80 Å². The van der Waals surface area contributed by atoms with Gasteiger partial charge in [-0.1, -0.05) is 55.0 Å². The van der Waals surface area contributed by atoms with Crippen LogP contribution in [-0.4, -0.2) is 96.4 Å². The molecule has 2 heterocycles. The molecule has 0 atom stereocenters. The highest BCUT2D eigenvalue weighted by Gasteiger charge is 2.30. The van der Waals surface area contributed by atoms with Crippen LogP contribution in [0.2, 0.25) is 0 Å². The molecule has 0 aromatic heterocycles. The Balaban J connectivity index is 1.05. The Hall–Kier alpha value is -2.90. The molecule has 1 saturated carbocycles. The summed E-state index contributed by atoms with van der Waals surface area (Å²) in [4.78, 5) is 34.6. The first kappa shape index (κ1) is 24.8. The first-order valence-electron chi connectivity index (χ1n) is 13.4. The van der Waals surface area contributed by atoms with Gasteiger partial charge in [0.25, 0.3) is 0 Å². The zero-order valence-corrected chi connectivity index (χ0v) is 21.2. The molecular formula is C29H38N4O3. The van der Waals surface area contributed by atoms with E-state index >= 15 is 0 Å². The summed E-state index contributed by atoms with van der Waals surface area (Å²) in [5, 5.41) is 0. The van der Waals surface area contributed by atoms with Crippen LogP contribution in [-0.2, 0) is 22.6 Å². The second kappa shape index (κ2) is 11.9. The Bertz CT molecular complexity index is 1010. The number of piperazine rings is 2. The van der Waals surface area contributed by atoms with E-state index in [0.717, 1.165) is 62.2 Å². The predicted octanol–water partition coefficient (Wildman–Crippen LogP) is 2.65. The number of para-hydroxylation sites is 1. The van der Waals surface area contributed by atoms with Crippen LogP contribution in [0.4, 0.5) is 0 Å². The summed E-state index contributed by atoms with van der Waals surface area (Å²) in [5.41, 5.74) is 2.02. The maximum absolute atomic E-state index is 13.1. The van der Waals surface area contributed by atoms with Gasteiger partial charge in [0, 0.05) is 64.0 Å². The van der Waals surface area contributed by atoms with Crippen molar-refractivity contribution in [1.29, 1.82) is 0 Å². The second-order valence-corrected chi connectivity index (χ2v) is 10.2. The zero-order valence-electron chi connectivity index (χ0n) is 21.2. The molecule has 0 radical (unpaired) electrons. The highest BCUT2D eigenvalue weighted by molar-refractivity contribution is 5.80. The quantitative estimate of drug-likeness (QED) is 0.570. The van der Waals surface area contributed by atoms with E-state index in [1.807, 2.05) is 64.4 Å². The molecule has 2 saturated heterocycles. The van der Waals surface area contributed by atoms with Crippen molar-refractivity contribution in [3.8, 4) is 5.75 Å². The molecular weight excluding hydrogens is 452 g/mol. The van der Waals surface area contributed by atoms with Crippen LogP contribution in [0, 0.1) is 0 Å². The van der Waals surface area contributed by atoms with E-state index < -0.39 is 0 Å². The Morgan fingerprint density at radius 3 is 2.08 bits per heavy atom. The first-order valence-corrected chi connectivity index (χ1v) is 13.4. The molecule has 7 nitrogen and oxygen atoms in total. The minimum Gasteiger partial charge on any atom is -0.489 e. The Morgan fingerprint density at radius 2 is 1.39 bits per heavy atom. The summed E-state index contributed by atoms with van der Waals surface area (Å²) in [6.45, 7) is 7.46. The molecule has 36 heavy (non-hydrogen) atoms. The normalized spacial score (nSPS) is 19.7. The van der Waals surface area contributed by atoms with Crippen molar-refractivity contribution in [1.82, 2.24) is 19.6 Å². The number of amides is 2. The molecule has 3 aliphatic rings. The molecule has 3 fully saturated rings. The lowest BCUT2D eigenvalue weighted by atomic mass is 9.91. The molecule has 192 valence electrons. The van der Waals surface area contributed by atoms with Crippen molar-refractivity contribution in [3.63, 3.8) is 0 Å². The number of hydrogen-bond acceptors (Lipinski definition) is 5. The standard InChI is InChI=1S/C29H38N4O3/c34-28(21-25-9-4-5-12-27(25)36-23-24-7-2-1-3-8-24)32-15-13-30(14-16-32)22-29(35)33-19-17-31(18-20-33)26-10-6-11-26/h1-5,7-9,12,26H,6,10-11,13-23H2. The van der Waals surface area contributed by atoms with Gasteiger partial charge in [0.2, 0.25) is 11.8 Å². The van der Waals surface area contributed by atoms with Crippen molar-refractivity contribution in [2.24, 2.45) is 0 Å². The fourth-order valence-electron chi connectivity index (χ4n) is 5.34. The topological polar surface area (TPSA) is 56.3 Å². The average Bonchev–Trinajstić information content (AvgIpc) is 2.88. The molecule has 5 rings (SSSR count). The summed E-state index contributed by atoms with van der Waals surface area (Å²) in [6, 6.07) is 18.6. The highest BCUT2D eigenvalue weighted by atomic mass is 16.5. The Morgan fingerprint density at radius 1 is 0.750 bits per heavy atom. The molecule has 0 spiro atoms. The van der Waals surface area contributed by atoms with Crippen LogP contribution in [0.25, 0.3) is 0 Å².